The zero-order valence-electron chi connectivity index (χ0n) is 15.1. The summed E-state index contributed by atoms with van der Waals surface area (Å²) in [6, 6.07) is 7.55. The fourth-order valence-corrected chi connectivity index (χ4v) is 2.84. The second-order valence-corrected chi connectivity index (χ2v) is 5.90. The Bertz CT molecular complexity index is 976. The van der Waals surface area contributed by atoms with Crippen molar-refractivity contribution >= 4 is 22.5 Å². The molecule has 2 aromatic heterocycles. The van der Waals surface area contributed by atoms with Crippen LogP contribution in [-0.2, 0) is 22.5 Å². The number of aromatic nitrogens is 4. The van der Waals surface area contributed by atoms with Crippen LogP contribution in [0.3, 0.4) is 0 Å². The van der Waals surface area contributed by atoms with Gasteiger partial charge in [-0.2, -0.15) is 0 Å². The van der Waals surface area contributed by atoms with E-state index in [1.165, 1.54) is 9.08 Å². The van der Waals surface area contributed by atoms with E-state index >= 15 is 0 Å². The van der Waals surface area contributed by atoms with Gasteiger partial charge in [0.15, 0.2) is 5.65 Å². The Morgan fingerprint density at radius 3 is 2.85 bits per heavy atom. The Morgan fingerprint density at radius 1 is 1.27 bits per heavy atom. The smallest absolute Gasteiger partial charge is 0.352 e. The summed E-state index contributed by atoms with van der Waals surface area (Å²) >= 11 is 0. The van der Waals surface area contributed by atoms with Crippen LogP contribution < -0.4 is 11.0 Å². The standard InChI is InChI=1S/C18H23N5O3/c1-3-15-20-14-9-6-5-8-13(14)17-21-22(18(25)23(15)17)12-16(24)19-10-7-11-26-4-2/h5-6,8-9H,3-4,7,10-12H2,1-2H3,(H,19,24). The van der Waals surface area contributed by atoms with Crippen LogP contribution in [-0.4, -0.2) is 44.8 Å². The first-order valence-corrected chi connectivity index (χ1v) is 8.87. The van der Waals surface area contributed by atoms with Crippen LogP contribution in [0, 0.1) is 0 Å². The van der Waals surface area contributed by atoms with Gasteiger partial charge in [-0.3, -0.25) is 4.79 Å². The van der Waals surface area contributed by atoms with E-state index in [1.54, 1.807) is 0 Å². The molecule has 0 radical (unpaired) electrons. The van der Waals surface area contributed by atoms with Crippen molar-refractivity contribution in [2.75, 3.05) is 19.8 Å². The first-order valence-electron chi connectivity index (χ1n) is 8.87. The summed E-state index contributed by atoms with van der Waals surface area (Å²) in [4.78, 5) is 29.4. The number of carbonyl (C=O) groups excluding carboxylic acids is 1. The molecule has 0 aliphatic carbocycles. The van der Waals surface area contributed by atoms with Crippen molar-refractivity contribution in [3.8, 4) is 0 Å². The molecular formula is C18H23N5O3. The molecule has 1 N–H and O–H groups in total. The Kier molecular flexibility index (Phi) is 5.62. The third kappa shape index (κ3) is 3.60. The normalized spacial score (nSPS) is 11.3. The molecule has 0 fully saturated rings. The van der Waals surface area contributed by atoms with Crippen LogP contribution in [0.15, 0.2) is 29.1 Å². The van der Waals surface area contributed by atoms with Crippen molar-refractivity contribution in [2.24, 2.45) is 0 Å². The number of ether oxygens (including phenoxy) is 1. The lowest BCUT2D eigenvalue weighted by atomic mass is 10.2. The van der Waals surface area contributed by atoms with Gasteiger partial charge >= 0.3 is 5.69 Å². The molecule has 3 aromatic rings. The fraction of sp³-hybridized carbons (Fsp3) is 0.444. The summed E-state index contributed by atoms with van der Waals surface area (Å²) in [6.45, 7) is 5.51. The van der Waals surface area contributed by atoms with Crippen LogP contribution in [0.1, 0.15) is 26.1 Å². The highest BCUT2D eigenvalue weighted by molar-refractivity contribution is 5.91. The first kappa shape index (κ1) is 18.1. The number of nitrogens with one attached hydrogen (secondary N) is 1. The number of hydrogen-bond acceptors (Lipinski definition) is 5. The van der Waals surface area contributed by atoms with Gasteiger partial charge < -0.3 is 10.1 Å². The topological polar surface area (TPSA) is 90.5 Å². The summed E-state index contributed by atoms with van der Waals surface area (Å²) < 4.78 is 7.92. The zero-order valence-corrected chi connectivity index (χ0v) is 15.1. The van der Waals surface area contributed by atoms with Crippen LogP contribution in [0.4, 0.5) is 0 Å². The molecule has 0 saturated carbocycles. The number of para-hydroxylation sites is 1. The van der Waals surface area contributed by atoms with Crippen LogP contribution >= 0.6 is 0 Å². The quantitative estimate of drug-likeness (QED) is 0.611. The van der Waals surface area contributed by atoms with Gasteiger partial charge in [-0.25, -0.2) is 18.9 Å². The number of aryl methyl sites for hydroxylation is 1. The molecule has 0 saturated heterocycles. The van der Waals surface area contributed by atoms with Crippen molar-refractivity contribution in [1.82, 2.24) is 24.5 Å². The van der Waals surface area contributed by atoms with Gasteiger partial charge in [0.2, 0.25) is 5.91 Å². The SMILES string of the molecule is CCOCCCNC(=O)Cn1nc2c3ccccc3nc(CC)n2c1=O. The molecule has 0 bridgehead atoms. The second-order valence-electron chi connectivity index (χ2n) is 5.90. The Hall–Kier alpha value is -2.74. The van der Waals surface area contributed by atoms with Gasteiger partial charge in [-0.15, -0.1) is 5.10 Å². The average molecular weight is 357 g/mol. The van der Waals surface area contributed by atoms with Crippen molar-refractivity contribution in [2.45, 2.75) is 33.2 Å². The number of hydrogen-bond donors (Lipinski definition) is 1. The molecule has 8 heteroatoms. The third-order valence-electron chi connectivity index (χ3n) is 4.09. The minimum absolute atomic E-state index is 0.118. The molecule has 0 aliphatic rings. The molecule has 1 amide bonds. The van der Waals surface area contributed by atoms with Crippen molar-refractivity contribution in [3.05, 3.63) is 40.6 Å². The lowest BCUT2D eigenvalue weighted by molar-refractivity contribution is -0.121. The van der Waals surface area contributed by atoms with Crippen LogP contribution in [0.2, 0.25) is 0 Å². The first-order chi connectivity index (χ1) is 12.7. The van der Waals surface area contributed by atoms with E-state index in [4.69, 9.17) is 4.74 Å². The summed E-state index contributed by atoms with van der Waals surface area (Å²) in [7, 11) is 0. The van der Waals surface area contributed by atoms with E-state index in [-0.39, 0.29) is 18.1 Å². The molecule has 0 spiro atoms. The maximum atomic E-state index is 12.7. The van der Waals surface area contributed by atoms with Gasteiger partial charge in [-0.05, 0) is 25.5 Å². The van der Waals surface area contributed by atoms with E-state index in [0.29, 0.717) is 37.7 Å². The van der Waals surface area contributed by atoms with Gasteiger partial charge in [0.25, 0.3) is 0 Å². The minimum atomic E-state index is -0.348. The number of fused-ring (bicyclic) bond motifs is 3. The molecule has 138 valence electrons. The summed E-state index contributed by atoms with van der Waals surface area (Å²) in [5.74, 6) is 0.384. The minimum Gasteiger partial charge on any atom is -0.382 e. The van der Waals surface area contributed by atoms with Crippen molar-refractivity contribution in [1.29, 1.82) is 0 Å². The third-order valence-corrected chi connectivity index (χ3v) is 4.09. The highest BCUT2D eigenvalue weighted by Gasteiger charge is 2.16. The second kappa shape index (κ2) is 8.09. The molecule has 0 atom stereocenters. The van der Waals surface area contributed by atoms with E-state index in [0.717, 1.165) is 17.3 Å². The highest BCUT2D eigenvalue weighted by Crippen LogP contribution is 2.17. The fourth-order valence-electron chi connectivity index (χ4n) is 2.84. The monoisotopic (exact) mass is 357 g/mol. The maximum absolute atomic E-state index is 12.7. The lowest BCUT2D eigenvalue weighted by Crippen LogP contribution is -2.33. The Morgan fingerprint density at radius 2 is 2.08 bits per heavy atom. The molecule has 26 heavy (non-hydrogen) atoms. The molecule has 1 aromatic carbocycles. The Labute approximate surface area is 150 Å². The molecule has 2 heterocycles. The van der Waals surface area contributed by atoms with Gasteiger partial charge in [-0.1, -0.05) is 19.1 Å². The van der Waals surface area contributed by atoms with E-state index in [9.17, 15) is 9.59 Å². The number of nitrogens with zero attached hydrogens (tertiary/aromatic N) is 4. The summed E-state index contributed by atoms with van der Waals surface area (Å²) in [5.41, 5.74) is 0.968. The zero-order chi connectivity index (χ0) is 18.5. The summed E-state index contributed by atoms with van der Waals surface area (Å²) in [6.07, 6.45) is 1.32. The van der Waals surface area contributed by atoms with Crippen LogP contribution in [0.5, 0.6) is 0 Å². The predicted molar refractivity (Wildman–Crippen MR) is 98.3 cm³/mol. The van der Waals surface area contributed by atoms with E-state index in [1.807, 2.05) is 38.1 Å². The predicted octanol–water partition coefficient (Wildman–Crippen LogP) is 1.15. The summed E-state index contributed by atoms with van der Waals surface area (Å²) in [5, 5.41) is 7.96. The average Bonchev–Trinajstić information content (AvgIpc) is 2.97. The van der Waals surface area contributed by atoms with Gasteiger partial charge in [0, 0.05) is 31.6 Å². The number of carbonyl (C=O) groups is 1. The molecule has 8 nitrogen and oxygen atoms in total. The largest absolute Gasteiger partial charge is 0.382 e. The van der Waals surface area contributed by atoms with Crippen LogP contribution in [0.25, 0.3) is 16.6 Å². The van der Waals surface area contributed by atoms with Crippen molar-refractivity contribution in [3.63, 3.8) is 0 Å². The lowest BCUT2D eigenvalue weighted by Gasteiger charge is -2.04. The number of rotatable bonds is 8. The maximum Gasteiger partial charge on any atom is 0.352 e. The van der Waals surface area contributed by atoms with E-state index < -0.39 is 0 Å². The molecule has 0 unspecified atom stereocenters. The van der Waals surface area contributed by atoms with E-state index in [2.05, 4.69) is 15.4 Å². The number of amides is 1. The molecule has 0 aliphatic heterocycles. The number of benzene rings is 1. The molecule has 3 rings (SSSR count). The van der Waals surface area contributed by atoms with Gasteiger partial charge in [0.05, 0.1) is 5.52 Å². The molecular weight excluding hydrogens is 334 g/mol. The highest BCUT2D eigenvalue weighted by atomic mass is 16.5. The Balaban J connectivity index is 1.86. The van der Waals surface area contributed by atoms with Gasteiger partial charge in [0.1, 0.15) is 12.4 Å². The van der Waals surface area contributed by atoms with Crippen molar-refractivity contribution < 1.29 is 9.53 Å².